The number of aliphatic hydroxyl groups is 9. The monoisotopic (exact) mass is 855 g/mol. The van der Waals surface area contributed by atoms with Gasteiger partial charge in [0.1, 0.15) is 78.6 Å². The van der Waals surface area contributed by atoms with Crippen LogP contribution in [-0.4, -0.2) is 201 Å². The predicted octanol–water partition coefficient (Wildman–Crippen LogP) is -4.04. The highest BCUT2D eigenvalue weighted by Gasteiger charge is 2.54. The minimum atomic E-state index is -1.90. The van der Waals surface area contributed by atoms with Crippen LogP contribution >= 0.6 is 0 Å². The van der Waals surface area contributed by atoms with Gasteiger partial charge in [-0.15, -0.1) is 0 Å². The minimum Gasteiger partial charge on any atom is -0.396 e. The first-order valence-corrected chi connectivity index (χ1v) is 20.7. The second-order valence-electron chi connectivity index (χ2n) is 15.5. The van der Waals surface area contributed by atoms with Crippen LogP contribution in [0.1, 0.15) is 84.5 Å². The van der Waals surface area contributed by atoms with Crippen LogP contribution in [0.5, 0.6) is 0 Å². The Morgan fingerprint density at radius 1 is 0.661 bits per heavy atom. The summed E-state index contributed by atoms with van der Waals surface area (Å²) in [6.45, 7) is 1.64. The molecule has 21 nitrogen and oxygen atoms in total. The highest BCUT2D eigenvalue weighted by Crippen LogP contribution is 2.33. The topological polar surface area (TPSA) is 339 Å². The van der Waals surface area contributed by atoms with Gasteiger partial charge in [-0.1, -0.05) is 32.1 Å². The van der Waals surface area contributed by atoms with Crippen molar-refractivity contribution in [1.82, 2.24) is 10.6 Å². The van der Waals surface area contributed by atoms with Crippen molar-refractivity contribution < 1.29 is 88.8 Å². The van der Waals surface area contributed by atoms with Gasteiger partial charge in [0.2, 0.25) is 5.91 Å². The van der Waals surface area contributed by atoms with E-state index in [1.54, 1.807) is 0 Å². The fraction of sp³-hybridized carbons (Fsp3) is 0.921. The van der Waals surface area contributed by atoms with Crippen molar-refractivity contribution in [2.75, 3.05) is 39.5 Å². The van der Waals surface area contributed by atoms with Crippen molar-refractivity contribution >= 4 is 17.5 Å². The van der Waals surface area contributed by atoms with E-state index in [9.17, 15) is 60.3 Å². The fourth-order valence-corrected chi connectivity index (χ4v) is 7.39. The Morgan fingerprint density at radius 3 is 1.90 bits per heavy atom. The number of Topliss-reactive ketones (excluding diaryl/α,β-unsaturated/α-hetero) is 2. The van der Waals surface area contributed by atoms with E-state index in [2.05, 4.69) is 10.6 Å². The molecule has 13 N–H and O–H groups in total. The molecule has 16 atom stereocenters. The first kappa shape index (κ1) is 51.5. The number of nitrogens with one attached hydrogen (secondary N) is 2. The molecule has 0 spiro atoms. The molecule has 0 radical (unpaired) electrons. The van der Waals surface area contributed by atoms with E-state index in [-0.39, 0.29) is 37.2 Å². The lowest BCUT2D eigenvalue weighted by Crippen LogP contribution is -2.68. The normalized spacial score (nSPS) is 35.6. The maximum absolute atomic E-state index is 12.3. The number of ketones is 2. The van der Waals surface area contributed by atoms with Gasteiger partial charge in [0.05, 0.1) is 31.9 Å². The van der Waals surface area contributed by atoms with Gasteiger partial charge in [-0.05, 0) is 45.6 Å². The Morgan fingerprint density at radius 2 is 1.27 bits per heavy atom. The van der Waals surface area contributed by atoms with Crippen LogP contribution in [-0.2, 0) is 42.8 Å². The van der Waals surface area contributed by atoms with Gasteiger partial charge in [0, 0.05) is 26.6 Å². The minimum absolute atomic E-state index is 0.00419. The quantitative estimate of drug-likeness (QED) is 0.0350. The van der Waals surface area contributed by atoms with Gasteiger partial charge in [0.25, 0.3) is 0 Å². The number of amides is 1. The second-order valence-corrected chi connectivity index (χ2v) is 15.5. The molecule has 21 heteroatoms. The summed E-state index contributed by atoms with van der Waals surface area (Å²) in [5.74, 6) is -0.488. The summed E-state index contributed by atoms with van der Waals surface area (Å²) in [6, 6.07) is -1.56. The Bertz CT molecular complexity index is 1240. The standard InChI is InChI=1S/C38H69N3O18/c1-20(45)23(12-8-9-14-39)40-17-22(47)11-7-5-3-4-6-10-16-54-36-27(41-21(2)46)30(50)34(26(19-44)57-36)58-38-33(53)35(29(49)24(55-38)13-15-42)59-37-32(52)31(51)28(48)25(18-43)56-37/h23-38,40,42-44,48-53H,3-19,39H2,1-2H3,(H,41,46)/t23-,24?,25?,26?,27?,28-,29-,30+,31?,32-,33?,34+,35-,36+,37+,38-/m0/s1. The van der Waals surface area contributed by atoms with Crippen LogP contribution in [0.2, 0.25) is 0 Å². The van der Waals surface area contributed by atoms with E-state index in [4.69, 9.17) is 34.2 Å². The summed E-state index contributed by atoms with van der Waals surface area (Å²) in [7, 11) is 0. The largest absolute Gasteiger partial charge is 0.396 e. The zero-order chi connectivity index (χ0) is 43.6. The maximum atomic E-state index is 12.3. The van der Waals surface area contributed by atoms with Gasteiger partial charge in [-0.25, -0.2) is 0 Å². The van der Waals surface area contributed by atoms with Gasteiger partial charge in [0.15, 0.2) is 18.9 Å². The first-order valence-electron chi connectivity index (χ1n) is 20.7. The molecule has 3 rings (SSSR count). The highest BCUT2D eigenvalue weighted by atomic mass is 16.8. The molecule has 59 heavy (non-hydrogen) atoms. The number of rotatable bonds is 27. The summed E-state index contributed by atoms with van der Waals surface area (Å²) >= 11 is 0. The van der Waals surface area contributed by atoms with Crippen molar-refractivity contribution in [1.29, 1.82) is 0 Å². The SMILES string of the molecule is CC(=O)NC1[C@H](OCCCCCCCCC(=O)CN[C@@H](CCCCN)C(C)=O)OC(CO)[C@@H](O[C@@H]2OC(CCO)[C@H](O)[C@H](O[C@H]3OC(CO)[C@H](O)C(O)[C@@H]3O)C2O)[C@@H]1O. The lowest BCUT2D eigenvalue weighted by atomic mass is 9.94. The van der Waals surface area contributed by atoms with Crippen LogP contribution in [0.15, 0.2) is 0 Å². The maximum Gasteiger partial charge on any atom is 0.217 e. The molecule has 6 unspecified atom stereocenters. The molecule has 344 valence electrons. The third-order valence-corrected chi connectivity index (χ3v) is 10.8. The first-order chi connectivity index (χ1) is 28.2. The van der Waals surface area contributed by atoms with Crippen molar-refractivity contribution in [2.45, 2.75) is 183 Å². The van der Waals surface area contributed by atoms with Crippen LogP contribution in [0.25, 0.3) is 0 Å². The van der Waals surface area contributed by atoms with Crippen LogP contribution in [0.3, 0.4) is 0 Å². The molecular formula is C38H69N3O18. The zero-order valence-electron chi connectivity index (χ0n) is 34.0. The Balaban J connectivity index is 1.52. The Hall–Kier alpha value is -1.87. The molecule has 3 saturated heterocycles. The van der Waals surface area contributed by atoms with Crippen LogP contribution in [0.4, 0.5) is 0 Å². The molecule has 0 aromatic carbocycles. The summed E-state index contributed by atoms with van der Waals surface area (Å²) in [5.41, 5.74) is 5.52. The Kier molecular flexibility index (Phi) is 23.2. The van der Waals surface area contributed by atoms with Crippen molar-refractivity contribution in [2.24, 2.45) is 5.73 Å². The molecule has 0 aromatic heterocycles. The summed E-state index contributed by atoms with van der Waals surface area (Å²) in [6.07, 6.45) is -15.2. The van der Waals surface area contributed by atoms with Gasteiger partial charge in [-0.2, -0.15) is 0 Å². The molecule has 1 amide bonds. The lowest BCUT2D eigenvalue weighted by molar-refractivity contribution is -0.375. The molecule has 0 saturated carbocycles. The zero-order valence-corrected chi connectivity index (χ0v) is 34.0. The summed E-state index contributed by atoms with van der Waals surface area (Å²) in [5, 5.41) is 99.8. The van der Waals surface area contributed by atoms with E-state index in [1.807, 2.05) is 0 Å². The van der Waals surface area contributed by atoms with Crippen molar-refractivity contribution in [3.63, 3.8) is 0 Å². The van der Waals surface area contributed by atoms with Crippen LogP contribution in [0, 0.1) is 0 Å². The molecule has 0 bridgehead atoms. The highest BCUT2D eigenvalue weighted by molar-refractivity contribution is 5.84. The molecule has 3 aliphatic rings. The number of nitrogens with two attached hydrogens (primary N) is 1. The van der Waals surface area contributed by atoms with Gasteiger partial charge in [-0.3, -0.25) is 14.4 Å². The van der Waals surface area contributed by atoms with Gasteiger partial charge >= 0.3 is 0 Å². The smallest absolute Gasteiger partial charge is 0.217 e. The molecule has 0 aliphatic carbocycles. The van der Waals surface area contributed by atoms with Crippen molar-refractivity contribution in [3.05, 3.63) is 0 Å². The molecule has 3 aliphatic heterocycles. The number of ether oxygens (including phenoxy) is 6. The predicted molar refractivity (Wildman–Crippen MR) is 204 cm³/mol. The molecular weight excluding hydrogens is 786 g/mol. The third kappa shape index (κ3) is 15.5. The number of unbranched alkanes of at least 4 members (excludes halogenated alkanes) is 6. The number of hydrogen-bond donors (Lipinski definition) is 12. The average Bonchev–Trinajstić information content (AvgIpc) is 3.20. The number of carbonyl (C=O) groups excluding carboxylic acids is 3. The number of hydrogen-bond acceptors (Lipinski definition) is 20. The van der Waals surface area contributed by atoms with Gasteiger partial charge < -0.3 is 90.7 Å². The van der Waals surface area contributed by atoms with E-state index >= 15 is 0 Å². The molecule has 3 fully saturated rings. The number of carbonyl (C=O) groups is 3. The molecule has 3 heterocycles. The van der Waals surface area contributed by atoms with Crippen molar-refractivity contribution in [3.8, 4) is 0 Å². The number of aliphatic hydroxyl groups excluding tert-OH is 9. The second kappa shape index (κ2) is 26.6. The van der Waals surface area contributed by atoms with E-state index in [0.29, 0.717) is 25.8 Å². The fourth-order valence-electron chi connectivity index (χ4n) is 7.39. The lowest BCUT2D eigenvalue weighted by Gasteiger charge is -2.49. The average molecular weight is 856 g/mol. The van der Waals surface area contributed by atoms with Crippen LogP contribution < -0.4 is 16.4 Å². The summed E-state index contributed by atoms with van der Waals surface area (Å²) in [4.78, 5) is 36.4. The summed E-state index contributed by atoms with van der Waals surface area (Å²) < 4.78 is 34.6. The third-order valence-electron chi connectivity index (χ3n) is 10.8. The molecule has 0 aromatic rings. The van der Waals surface area contributed by atoms with E-state index in [1.165, 1.54) is 13.8 Å². The Labute approximate surface area is 344 Å². The van der Waals surface area contributed by atoms with E-state index in [0.717, 1.165) is 44.9 Å². The van der Waals surface area contributed by atoms with E-state index < -0.39 is 118 Å².